The summed E-state index contributed by atoms with van der Waals surface area (Å²) in [6.45, 7) is 4.04. The molecule has 2 amide bonds. The molecule has 17 heavy (non-hydrogen) atoms. The Hall–Kier alpha value is -1.14. The molecule has 0 aromatic carbocycles. The molecule has 2 fully saturated rings. The minimum atomic E-state index is -0.619. The Morgan fingerprint density at radius 3 is 2.59 bits per heavy atom. The zero-order valence-corrected chi connectivity index (χ0v) is 10.0. The van der Waals surface area contributed by atoms with Crippen LogP contribution in [0.2, 0.25) is 0 Å². The van der Waals surface area contributed by atoms with Crippen LogP contribution in [0.25, 0.3) is 0 Å². The molecule has 0 unspecified atom stereocenters. The third-order valence-corrected chi connectivity index (χ3v) is 3.35. The summed E-state index contributed by atoms with van der Waals surface area (Å²) in [5.41, 5.74) is -0.619. The highest BCUT2D eigenvalue weighted by Gasteiger charge is 2.32. The fourth-order valence-corrected chi connectivity index (χ4v) is 2.09. The predicted molar refractivity (Wildman–Crippen MR) is 59.4 cm³/mol. The molecule has 6 heteroatoms. The van der Waals surface area contributed by atoms with Crippen LogP contribution < -0.4 is 0 Å². The minimum absolute atomic E-state index is 0.214. The molecule has 0 aromatic rings. The van der Waals surface area contributed by atoms with Gasteiger partial charge >= 0.3 is 6.09 Å². The average Bonchev–Trinajstić information content (AvgIpc) is 2.68. The van der Waals surface area contributed by atoms with E-state index in [2.05, 4.69) is 0 Å². The average molecular weight is 242 g/mol. The van der Waals surface area contributed by atoms with Gasteiger partial charge in [-0.25, -0.2) is 9.69 Å². The van der Waals surface area contributed by atoms with Crippen molar-refractivity contribution >= 4 is 12.0 Å². The Labute approximate surface area is 100 Å². The van der Waals surface area contributed by atoms with Crippen molar-refractivity contribution < 1.29 is 19.4 Å². The number of hydrogen-bond acceptors (Lipinski definition) is 5. The number of cyclic esters (lactones) is 1. The van der Waals surface area contributed by atoms with Crippen LogP contribution in [0, 0.1) is 0 Å². The fourth-order valence-electron chi connectivity index (χ4n) is 2.09. The van der Waals surface area contributed by atoms with Gasteiger partial charge in [-0.15, -0.1) is 0 Å². The molecule has 0 aliphatic carbocycles. The molecular formula is C11H18N2O4. The number of nitrogens with zero attached hydrogens (tertiary/aromatic N) is 2. The van der Waals surface area contributed by atoms with Gasteiger partial charge in [0.2, 0.25) is 5.91 Å². The second-order valence-corrected chi connectivity index (χ2v) is 4.93. The van der Waals surface area contributed by atoms with Gasteiger partial charge in [0.15, 0.2) is 0 Å². The Bertz CT molecular complexity index is 319. The van der Waals surface area contributed by atoms with Crippen molar-refractivity contribution in [3.8, 4) is 0 Å². The minimum Gasteiger partial charge on any atom is -0.447 e. The summed E-state index contributed by atoms with van der Waals surface area (Å²) in [4.78, 5) is 26.1. The SMILES string of the molecule is CC1(O)CCN(CC(=O)N2CCOC2=O)CC1. The van der Waals surface area contributed by atoms with Crippen molar-refractivity contribution in [2.24, 2.45) is 0 Å². The van der Waals surface area contributed by atoms with Gasteiger partial charge in [0.05, 0.1) is 18.7 Å². The number of aliphatic hydroxyl groups is 1. The first kappa shape index (κ1) is 12.3. The van der Waals surface area contributed by atoms with Crippen LogP contribution >= 0.6 is 0 Å². The van der Waals surface area contributed by atoms with E-state index in [9.17, 15) is 14.7 Å². The van der Waals surface area contributed by atoms with E-state index in [0.29, 0.717) is 39.1 Å². The van der Waals surface area contributed by atoms with Gasteiger partial charge in [-0.1, -0.05) is 0 Å². The van der Waals surface area contributed by atoms with Crippen molar-refractivity contribution in [3.05, 3.63) is 0 Å². The number of ether oxygens (including phenoxy) is 1. The van der Waals surface area contributed by atoms with E-state index in [-0.39, 0.29) is 12.5 Å². The Morgan fingerprint density at radius 1 is 1.41 bits per heavy atom. The van der Waals surface area contributed by atoms with Crippen molar-refractivity contribution in [2.75, 3.05) is 32.8 Å². The second kappa shape index (κ2) is 4.62. The highest BCUT2D eigenvalue weighted by Crippen LogP contribution is 2.21. The second-order valence-electron chi connectivity index (χ2n) is 4.93. The van der Waals surface area contributed by atoms with E-state index >= 15 is 0 Å². The smallest absolute Gasteiger partial charge is 0.416 e. The molecule has 2 aliphatic heterocycles. The van der Waals surface area contributed by atoms with Crippen molar-refractivity contribution in [1.82, 2.24) is 9.80 Å². The first-order valence-corrected chi connectivity index (χ1v) is 5.90. The number of likely N-dealkylation sites (tertiary alicyclic amines) is 1. The fraction of sp³-hybridized carbons (Fsp3) is 0.818. The van der Waals surface area contributed by atoms with Crippen LogP contribution in [0.15, 0.2) is 0 Å². The summed E-state index contributed by atoms with van der Waals surface area (Å²) in [6, 6.07) is 0. The van der Waals surface area contributed by atoms with Crippen molar-refractivity contribution in [2.45, 2.75) is 25.4 Å². The van der Waals surface area contributed by atoms with Crippen LogP contribution in [-0.2, 0) is 9.53 Å². The van der Waals surface area contributed by atoms with Gasteiger partial charge in [-0.05, 0) is 19.8 Å². The van der Waals surface area contributed by atoms with Crippen molar-refractivity contribution in [3.63, 3.8) is 0 Å². The van der Waals surface area contributed by atoms with Gasteiger partial charge in [-0.3, -0.25) is 9.69 Å². The van der Waals surface area contributed by atoms with Gasteiger partial charge < -0.3 is 9.84 Å². The number of carbonyl (C=O) groups is 2. The zero-order valence-electron chi connectivity index (χ0n) is 10.0. The van der Waals surface area contributed by atoms with Crippen LogP contribution in [0.1, 0.15) is 19.8 Å². The topological polar surface area (TPSA) is 70.1 Å². The summed E-state index contributed by atoms with van der Waals surface area (Å²) in [7, 11) is 0. The lowest BCUT2D eigenvalue weighted by Crippen LogP contribution is -2.47. The monoisotopic (exact) mass is 242 g/mol. The number of imide groups is 1. The predicted octanol–water partition coefficient (Wildman–Crippen LogP) is -0.188. The lowest BCUT2D eigenvalue weighted by Gasteiger charge is -2.35. The largest absolute Gasteiger partial charge is 0.447 e. The summed E-state index contributed by atoms with van der Waals surface area (Å²) in [5, 5.41) is 9.78. The standard InChI is InChI=1S/C11H18N2O4/c1-11(16)2-4-12(5-3-11)8-9(14)13-6-7-17-10(13)15/h16H,2-8H2,1H3. The van der Waals surface area contributed by atoms with E-state index in [1.54, 1.807) is 0 Å². The molecule has 2 heterocycles. The quantitative estimate of drug-likeness (QED) is 0.727. The van der Waals surface area contributed by atoms with Crippen LogP contribution in [0.3, 0.4) is 0 Å². The van der Waals surface area contributed by atoms with Crippen LogP contribution in [-0.4, -0.2) is 65.3 Å². The van der Waals surface area contributed by atoms with Gasteiger partial charge in [0, 0.05) is 13.1 Å². The molecule has 0 atom stereocenters. The molecule has 0 saturated carbocycles. The zero-order chi connectivity index (χ0) is 12.5. The first-order chi connectivity index (χ1) is 7.98. The molecule has 0 spiro atoms. The van der Waals surface area contributed by atoms with Gasteiger partial charge in [0.1, 0.15) is 6.61 Å². The van der Waals surface area contributed by atoms with E-state index in [0.717, 1.165) is 4.90 Å². The molecule has 1 N–H and O–H groups in total. The highest BCUT2D eigenvalue weighted by molar-refractivity contribution is 5.94. The maximum Gasteiger partial charge on any atom is 0.416 e. The lowest BCUT2D eigenvalue weighted by molar-refractivity contribution is -0.130. The summed E-state index contributed by atoms with van der Waals surface area (Å²) >= 11 is 0. The maximum atomic E-state index is 11.8. The molecule has 2 saturated heterocycles. The molecule has 0 bridgehead atoms. The van der Waals surface area contributed by atoms with Crippen LogP contribution in [0.4, 0.5) is 4.79 Å². The lowest BCUT2D eigenvalue weighted by atomic mass is 9.94. The number of rotatable bonds is 2. The number of hydrogen-bond donors (Lipinski definition) is 1. The summed E-state index contributed by atoms with van der Waals surface area (Å²) < 4.78 is 4.72. The summed E-state index contributed by atoms with van der Waals surface area (Å²) in [6.07, 6.45) is 0.772. The molecular weight excluding hydrogens is 224 g/mol. The molecule has 2 rings (SSSR count). The van der Waals surface area contributed by atoms with Gasteiger partial charge in [0.25, 0.3) is 0 Å². The molecule has 2 aliphatic rings. The van der Waals surface area contributed by atoms with Crippen LogP contribution in [0.5, 0.6) is 0 Å². The van der Waals surface area contributed by atoms with Gasteiger partial charge in [-0.2, -0.15) is 0 Å². The Balaban J connectivity index is 1.82. The number of carbonyl (C=O) groups excluding carboxylic acids is 2. The van der Waals surface area contributed by atoms with E-state index in [1.165, 1.54) is 0 Å². The van der Waals surface area contributed by atoms with E-state index in [4.69, 9.17) is 4.74 Å². The molecule has 96 valence electrons. The highest BCUT2D eigenvalue weighted by atomic mass is 16.6. The Morgan fingerprint density at radius 2 is 2.06 bits per heavy atom. The Kier molecular flexibility index (Phi) is 3.35. The number of amides is 2. The number of piperidine rings is 1. The van der Waals surface area contributed by atoms with E-state index in [1.807, 2.05) is 11.8 Å². The molecule has 0 radical (unpaired) electrons. The van der Waals surface area contributed by atoms with Crippen molar-refractivity contribution in [1.29, 1.82) is 0 Å². The molecule has 0 aromatic heterocycles. The first-order valence-electron chi connectivity index (χ1n) is 5.90. The summed E-state index contributed by atoms with van der Waals surface area (Å²) in [5.74, 6) is -0.214. The third-order valence-electron chi connectivity index (χ3n) is 3.35. The molecule has 6 nitrogen and oxygen atoms in total. The maximum absolute atomic E-state index is 11.8. The normalized spacial score (nSPS) is 24.8. The third kappa shape index (κ3) is 2.95. The van der Waals surface area contributed by atoms with E-state index < -0.39 is 11.7 Å².